The Morgan fingerprint density at radius 1 is 0.941 bits per heavy atom. The van der Waals surface area contributed by atoms with Crippen molar-refractivity contribution in [1.29, 1.82) is 0 Å². The van der Waals surface area contributed by atoms with Crippen LogP contribution in [0.5, 0.6) is 28.7 Å². The van der Waals surface area contributed by atoms with Crippen LogP contribution >= 0.6 is 0 Å². The Kier molecular flexibility index (Phi) is 8.07. The number of aromatic hydroxyl groups is 1. The van der Waals surface area contributed by atoms with Gasteiger partial charge in [0.05, 0.1) is 38.2 Å². The van der Waals surface area contributed by atoms with E-state index in [0.29, 0.717) is 29.4 Å². The van der Waals surface area contributed by atoms with Crippen molar-refractivity contribution in [3.8, 4) is 28.7 Å². The van der Waals surface area contributed by atoms with Gasteiger partial charge in [-0.15, -0.1) is 0 Å². The van der Waals surface area contributed by atoms with E-state index in [2.05, 4.69) is 10.5 Å². The van der Waals surface area contributed by atoms with Gasteiger partial charge in [-0.2, -0.15) is 5.10 Å². The summed E-state index contributed by atoms with van der Waals surface area (Å²) in [5, 5.41) is 13.7. The largest absolute Gasteiger partial charge is 0.507 e. The number of hydrazone groups is 1. The second-order valence-electron chi connectivity index (χ2n) is 6.81. The van der Waals surface area contributed by atoms with Gasteiger partial charge in [0.1, 0.15) is 5.75 Å². The minimum atomic E-state index is -0.599. The number of nitrogens with one attached hydrogen (secondary N) is 1. The fourth-order valence-electron chi connectivity index (χ4n) is 2.97. The zero-order chi connectivity index (χ0) is 24.5. The van der Waals surface area contributed by atoms with Crippen LogP contribution in [0.2, 0.25) is 0 Å². The second-order valence-corrected chi connectivity index (χ2v) is 6.81. The van der Waals surface area contributed by atoms with Crippen LogP contribution in [0.1, 0.15) is 33.2 Å². The first-order valence-electron chi connectivity index (χ1n) is 10.3. The van der Waals surface area contributed by atoms with E-state index in [1.54, 1.807) is 49.4 Å². The number of phenolic OH excluding ortho intramolecular Hbond substituents is 1. The molecule has 0 saturated carbocycles. The number of benzene rings is 3. The monoisotopic (exact) mass is 464 g/mol. The van der Waals surface area contributed by atoms with E-state index in [4.69, 9.17) is 18.9 Å². The second kappa shape index (κ2) is 11.4. The fourth-order valence-corrected chi connectivity index (χ4v) is 2.97. The Labute approximate surface area is 196 Å². The van der Waals surface area contributed by atoms with Crippen molar-refractivity contribution in [3.63, 3.8) is 0 Å². The van der Waals surface area contributed by atoms with Crippen molar-refractivity contribution in [2.45, 2.75) is 6.92 Å². The first-order chi connectivity index (χ1) is 16.5. The third kappa shape index (κ3) is 5.83. The molecule has 0 aromatic heterocycles. The lowest BCUT2D eigenvalue weighted by atomic mass is 10.2. The van der Waals surface area contributed by atoms with Gasteiger partial charge in [0, 0.05) is 0 Å². The molecular weight excluding hydrogens is 440 g/mol. The van der Waals surface area contributed by atoms with Gasteiger partial charge in [-0.05, 0) is 61.0 Å². The molecule has 2 N–H and O–H groups in total. The lowest BCUT2D eigenvalue weighted by Gasteiger charge is -2.12. The molecule has 176 valence electrons. The number of nitrogens with zero attached hydrogens (tertiary/aromatic N) is 1. The van der Waals surface area contributed by atoms with Crippen LogP contribution in [0.4, 0.5) is 0 Å². The lowest BCUT2D eigenvalue weighted by Crippen LogP contribution is -2.17. The summed E-state index contributed by atoms with van der Waals surface area (Å²) in [7, 11) is 2.98. The quantitative estimate of drug-likeness (QED) is 0.214. The highest BCUT2D eigenvalue weighted by Gasteiger charge is 2.16. The maximum Gasteiger partial charge on any atom is 0.343 e. The van der Waals surface area contributed by atoms with E-state index in [9.17, 15) is 14.7 Å². The smallest absolute Gasteiger partial charge is 0.343 e. The molecule has 0 spiro atoms. The Balaban J connectivity index is 1.74. The maximum absolute atomic E-state index is 12.7. The highest BCUT2D eigenvalue weighted by atomic mass is 16.6. The summed E-state index contributed by atoms with van der Waals surface area (Å²) >= 11 is 0. The van der Waals surface area contributed by atoms with Crippen molar-refractivity contribution in [1.82, 2.24) is 5.43 Å². The molecule has 0 fully saturated rings. The molecule has 0 aliphatic heterocycles. The Bertz CT molecular complexity index is 1210. The number of para-hydroxylation sites is 1. The van der Waals surface area contributed by atoms with Crippen LogP contribution in [-0.2, 0) is 0 Å². The zero-order valence-corrected chi connectivity index (χ0v) is 18.9. The SMILES string of the molecule is CCOc1cc(/C=N/NC(=O)c2ccccc2O)ccc1OC(=O)c1ccc(OC)c(OC)c1. The molecule has 3 rings (SSSR count). The molecule has 0 unspecified atom stereocenters. The van der Waals surface area contributed by atoms with E-state index in [1.807, 2.05) is 0 Å². The molecular formula is C25H24N2O7. The molecule has 9 nitrogen and oxygen atoms in total. The van der Waals surface area contributed by atoms with E-state index in [1.165, 1.54) is 38.6 Å². The highest BCUT2D eigenvalue weighted by Crippen LogP contribution is 2.31. The van der Waals surface area contributed by atoms with Crippen LogP contribution in [0.3, 0.4) is 0 Å². The number of carbonyl (C=O) groups is 2. The molecule has 0 aliphatic rings. The summed E-state index contributed by atoms with van der Waals surface area (Å²) in [4.78, 5) is 24.8. The zero-order valence-electron chi connectivity index (χ0n) is 18.9. The van der Waals surface area contributed by atoms with Gasteiger partial charge in [-0.25, -0.2) is 10.2 Å². The number of methoxy groups -OCH3 is 2. The van der Waals surface area contributed by atoms with Gasteiger partial charge >= 0.3 is 5.97 Å². The first-order valence-corrected chi connectivity index (χ1v) is 10.3. The summed E-state index contributed by atoms with van der Waals surface area (Å²) in [6, 6.07) is 15.7. The third-order valence-electron chi connectivity index (χ3n) is 4.62. The van der Waals surface area contributed by atoms with Crippen LogP contribution in [0, 0.1) is 0 Å². The Morgan fingerprint density at radius 2 is 1.68 bits per heavy atom. The summed E-state index contributed by atoms with van der Waals surface area (Å²) in [5.74, 6) is 0.142. The van der Waals surface area contributed by atoms with Crippen LogP contribution in [0.15, 0.2) is 65.8 Å². The predicted octanol–water partition coefficient (Wildman–Crippen LogP) is 3.79. The summed E-state index contributed by atoms with van der Waals surface area (Å²) < 4.78 is 21.5. The van der Waals surface area contributed by atoms with Gasteiger partial charge in [0.2, 0.25) is 0 Å². The summed E-state index contributed by atoms with van der Waals surface area (Å²) in [6.07, 6.45) is 1.40. The van der Waals surface area contributed by atoms with E-state index in [-0.39, 0.29) is 22.6 Å². The average Bonchev–Trinajstić information content (AvgIpc) is 2.85. The Morgan fingerprint density at radius 3 is 2.38 bits per heavy atom. The van der Waals surface area contributed by atoms with E-state index >= 15 is 0 Å². The van der Waals surface area contributed by atoms with Gasteiger partial charge < -0.3 is 24.1 Å². The van der Waals surface area contributed by atoms with Gasteiger partial charge in [-0.1, -0.05) is 12.1 Å². The van der Waals surface area contributed by atoms with Gasteiger partial charge in [0.25, 0.3) is 5.91 Å². The third-order valence-corrected chi connectivity index (χ3v) is 4.62. The molecule has 0 bridgehead atoms. The maximum atomic E-state index is 12.7. The molecule has 0 radical (unpaired) electrons. The molecule has 34 heavy (non-hydrogen) atoms. The highest BCUT2D eigenvalue weighted by molar-refractivity contribution is 5.97. The first kappa shape index (κ1) is 24.1. The van der Waals surface area contributed by atoms with Crippen LogP contribution in [0.25, 0.3) is 0 Å². The fraction of sp³-hybridized carbons (Fsp3) is 0.160. The molecule has 9 heteroatoms. The normalized spacial score (nSPS) is 10.6. The molecule has 0 saturated heterocycles. The standard InChI is InChI=1S/C25H24N2O7/c1-4-33-23-13-16(15-26-27-24(29)18-7-5-6-8-19(18)28)9-11-21(23)34-25(30)17-10-12-20(31-2)22(14-17)32-3/h5-15,28H,4H2,1-3H3,(H,27,29)/b26-15+. The van der Waals surface area contributed by atoms with Crippen molar-refractivity contribution >= 4 is 18.1 Å². The molecule has 0 aliphatic carbocycles. The van der Waals surface area contributed by atoms with Crippen molar-refractivity contribution in [2.24, 2.45) is 5.10 Å². The van der Waals surface area contributed by atoms with Crippen LogP contribution in [-0.4, -0.2) is 44.0 Å². The van der Waals surface area contributed by atoms with E-state index < -0.39 is 11.9 Å². The minimum absolute atomic E-state index is 0.104. The number of hydrogen-bond donors (Lipinski definition) is 2. The van der Waals surface area contributed by atoms with Gasteiger partial charge in [-0.3, -0.25) is 4.79 Å². The molecule has 1 amide bonds. The predicted molar refractivity (Wildman–Crippen MR) is 125 cm³/mol. The number of amides is 1. The number of hydrogen-bond acceptors (Lipinski definition) is 8. The Hall–Kier alpha value is -4.53. The molecule has 3 aromatic carbocycles. The van der Waals surface area contributed by atoms with Crippen molar-refractivity contribution in [2.75, 3.05) is 20.8 Å². The number of esters is 1. The van der Waals surface area contributed by atoms with Crippen LogP contribution < -0.4 is 24.4 Å². The number of ether oxygens (including phenoxy) is 4. The number of rotatable bonds is 9. The molecule has 0 atom stereocenters. The topological polar surface area (TPSA) is 116 Å². The van der Waals surface area contributed by atoms with Crippen molar-refractivity contribution < 1.29 is 33.6 Å². The lowest BCUT2D eigenvalue weighted by molar-refractivity contribution is 0.0727. The van der Waals surface area contributed by atoms with E-state index in [0.717, 1.165) is 0 Å². The number of phenols is 1. The van der Waals surface area contributed by atoms with Crippen molar-refractivity contribution in [3.05, 3.63) is 77.4 Å². The number of carbonyl (C=O) groups excluding carboxylic acids is 2. The summed E-state index contributed by atoms with van der Waals surface area (Å²) in [5.41, 5.74) is 3.32. The summed E-state index contributed by atoms with van der Waals surface area (Å²) in [6.45, 7) is 2.14. The average molecular weight is 464 g/mol. The van der Waals surface area contributed by atoms with Gasteiger partial charge in [0.15, 0.2) is 23.0 Å². The minimum Gasteiger partial charge on any atom is -0.507 e. The molecule has 0 heterocycles. The molecule has 3 aromatic rings.